The minimum atomic E-state index is -1.11. The van der Waals surface area contributed by atoms with Gasteiger partial charge in [-0.05, 0) is 25.5 Å². The highest BCUT2D eigenvalue weighted by Gasteiger charge is 2.21. The molecule has 1 aromatic carbocycles. The van der Waals surface area contributed by atoms with Crippen LogP contribution < -0.4 is 0 Å². The second-order valence-corrected chi connectivity index (χ2v) is 4.19. The number of carbonyl (C=O) groups excluding carboxylic acids is 1. The molecule has 0 unspecified atom stereocenters. The van der Waals surface area contributed by atoms with Crippen molar-refractivity contribution in [1.82, 2.24) is 9.78 Å². The zero-order chi connectivity index (χ0) is 13.4. The van der Waals surface area contributed by atoms with Crippen molar-refractivity contribution >= 4 is 5.78 Å². The zero-order valence-corrected chi connectivity index (χ0v) is 10.3. The molecule has 1 heterocycles. The first-order valence-corrected chi connectivity index (χ1v) is 5.41. The van der Waals surface area contributed by atoms with E-state index in [0.29, 0.717) is 5.69 Å². The lowest BCUT2D eigenvalue weighted by Gasteiger charge is -2.04. The maximum Gasteiger partial charge on any atom is 0.199 e. The van der Waals surface area contributed by atoms with Crippen LogP contribution in [0.2, 0.25) is 0 Å². The van der Waals surface area contributed by atoms with E-state index in [4.69, 9.17) is 0 Å². The summed E-state index contributed by atoms with van der Waals surface area (Å²) < 4.78 is 28.6. The molecule has 0 aliphatic carbocycles. The van der Waals surface area contributed by atoms with Crippen molar-refractivity contribution in [2.24, 2.45) is 7.05 Å². The van der Waals surface area contributed by atoms with Crippen molar-refractivity contribution in [2.45, 2.75) is 13.8 Å². The molecule has 0 atom stereocenters. The first kappa shape index (κ1) is 12.4. The van der Waals surface area contributed by atoms with Gasteiger partial charge < -0.3 is 0 Å². The van der Waals surface area contributed by atoms with Crippen molar-refractivity contribution in [2.75, 3.05) is 0 Å². The number of benzene rings is 1. The third-order valence-corrected chi connectivity index (χ3v) is 2.78. The maximum absolute atomic E-state index is 13.7. The lowest BCUT2D eigenvalue weighted by atomic mass is 10.0. The minimum Gasteiger partial charge on any atom is -0.288 e. The molecule has 5 heteroatoms. The van der Waals surface area contributed by atoms with Gasteiger partial charge in [-0.25, -0.2) is 8.78 Å². The molecular weight excluding hydrogens is 238 g/mol. The molecule has 0 N–H and O–H groups in total. The van der Waals surface area contributed by atoms with Crippen molar-refractivity contribution in [1.29, 1.82) is 0 Å². The summed E-state index contributed by atoms with van der Waals surface area (Å²) in [7, 11) is 1.66. The highest BCUT2D eigenvalue weighted by molar-refractivity contribution is 6.09. The number of carbonyl (C=O) groups is 1. The molecule has 0 radical (unpaired) electrons. The van der Waals surface area contributed by atoms with Gasteiger partial charge in [0.25, 0.3) is 0 Å². The Bertz CT molecular complexity index is 632. The van der Waals surface area contributed by atoms with E-state index >= 15 is 0 Å². The molecule has 0 aliphatic heterocycles. The summed E-state index contributed by atoms with van der Waals surface area (Å²) in [6.07, 6.45) is 1.49. The van der Waals surface area contributed by atoms with Crippen molar-refractivity contribution < 1.29 is 13.6 Å². The Morgan fingerprint density at radius 3 is 2.39 bits per heavy atom. The van der Waals surface area contributed by atoms with Crippen LogP contribution in [0.5, 0.6) is 0 Å². The molecule has 0 bridgehead atoms. The van der Waals surface area contributed by atoms with E-state index in [2.05, 4.69) is 5.10 Å². The van der Waals surface area contributed by atoms with Gasteiger partial charge in [-0.1, -0.05) is 6.07 Å². The molecule has 0 saturated carbocycles. The lowest BCUT2D eigenvalue weighted by molar-refractivity contribution is 0.103. The van der Waals surface area contributed by atoms with E-state index in [9.17, 15) is 13.6 Å². The molecular formula is C13H12F2N2O. The first-order valence-electron chi connectivity index (χ1n) is 5.41. The zero-order valence-electron chi connectivity index (χ0n) is 10.3. The van der Waals surface area contributed by atoms with Gasteiger partial charge in [0, 0.05) is 13.2 Å². The van der Waals surface area contributed by atoms with Crippen LogP contribution in [0.1, 0.15) is 27.2 Å². The highest BCUT2D eigenvalue weighted by Crippen LogP contribution is 2.20. The third-order valence-electron chi connectivity index (χ3n) is 2.78. The predicted molar refractivity (Wildman–Crippen MR) is 62.5 cm³/mol. The van der Waals surface area contributed by atoms with Crippen molar-refractivity contribution in [3.8, 4) is 0 Å². The van der Waals surface area contributed by atoms with Crippen LogP contribution in [0.25, 0.3) is 0 Å². The third kappa shape index (κ3) is 1.92. The van der Waals surface area contributed by atoms with Gasteiger partial charge in [0.15, 0.2) is 17.4 Å². The summed E-state index contributed by atoms with van der Waals surface area (Å²) in [5, 5.41) is 4.01. The van der Waals surface area contributed by atoms with Crippen LogP contribution in [0.4, 0.5) is 8.78 Å². The standard InChI is InChI=1S/C13H12F2N2O/c1-7-4-5-9(12(15)11(7)14)13(18)10-6-17(3)16-8(10)2/h4-6H,1-3H3. The summed E-state index contributed by atoms with van der Waals surface area (Å²) >= 11 is 0. The molecule has 2 rings (SSSR count). The molecule has 2 aromatic rings. The molecule has 0 fully saturated rings. The number of halogens is 2. The van der Waals surface area contributed by atoms with Crippen LogP contribution in [0, 0.1) is 25.5 Å². The van der Waals surface area contributed by atoms with Crippen LogP contribution in [-0.4, -0.2) is 15.6 Å². The van der Waals surface area contributed by atoms with E-state index in [-0.39, 0.29) is 16.7 Å². The largest absolute Gasteiger partial charge is 0.288 e. The highest BCUT2D eigenvalue weighted by atomic mass is 19.2. The maximum atomic E-state index is 13.7. The number of hydrogen-bond donors (Lipinski definition) is 0. The Morgan fingerprint density at radius 1 is 1.17 bits per heavy atom. The van der Waals surface area contributed by atoms with Gasteiger partial charge in [0.1, 0.15) is 0 Å². The molecule has 3 nitrogen and oxygen atoms in total. The minimum absolute atomic E-state index is 0.173. The smallest absolute Gasteiger partial charge is 0.199 e. The second-order valence-electron chi connectivity index (χ2n) is 4.19. The van der Waals surface area contributed by atoms with E-state index < -0.39 is 17.4 Å². The SMILES string of the molecule is Cc1ccc(C(=O)c2cn(C)nc2C)c(F)c1F. The van der Waals surface area contributed by atoms with Gasteiger partial charge in [-0.3, -0.25) is 9.48 Å². The van der Waals surface area contributed by atoms with Crippen LogP contribution in [-0.2, 0) is 7.05 Å². The van der Waals surface area contributed by atoms with E-state index in [1.54, 1.807) is 14.0 Å². The van der Waals surface area contributed by atoms with E-state index in [1.807, 2.05) is 0 Å². The molecule has 94 valence electrons. The molecule has 0 saturated heterocycles. The number of nitrogens with zero attached hydrogens (tertiary/aromatic N) is 2. The number of ketones is 1. The van der Waals surface area contributed by atoms with Crippen molar-refractivity contribution in [3.63, 3.8) is 0 Å². The fraction of sp³-hybridized carbons (Fsp3) is 0.231. The van der Waals surface area contributed by atoms with E-state index in [0.717, 1.165) is 0 Å². The quantitative estimate of drug-likeness (QED) is 0.768. The Morgan fingerprint density at radius 2 is 1.83 bits per heavy atom. The van der Waals surface area contributed by atoms with E-state index in [1.165, 1.54) is 29.9 Å². The Kier molecular flexibility index (Phi) is 2.98. The van der Waals surface area contributed by atoms with Gasteiger partial charge in [-0.2, -0.15) is 5.10 Å². The average molecular weight is 250 g/mol. The summed E-state index contributed by atoms with van der Waals surface area (Å²) in [5.74, 6) is -2.65. The Balaban J connectivity index is 2.53. The second kappa shape index (κ2) is 4.33. The van der Waals surface area contributed by atoms with Crippen LogP contribution in [0.15, 0.2) is 18.3 Å². The molecule has 0 aliphatic rings. The summed E-state index contributed by atoms with van der Waals surface area (Å²) in [4.78, 5) is 12.1. The number of aryl methyl sites for hydroxylation is 3. The normalized spacial score (nSPS) is 10.7. The molecule has 1 aromatic heterocycles. The number of aromatic nitrogens is 2. The fourth-order valence-electron chi connectivity index (χ4n) is 1.79. The Hall–Kier alpha value is -2.04. The van der Waals surface area contributed by atoms with Crippen LogP contribution in [0.3, 0.4) is 0 Å². The average Bonchev–Trinajstić information content (AvgIpc) is 2.65. The number of rotatable bonds is 2. The van der Waals surface area contributed by atoms with Crippen LogP contribution >= 0.6 is 0 Å². The van der Waals surface area contributed by atoms with Gasteiger partial charge in [-0.15, -0.1) is 0 Å². The summed E-state index contributed by atoms with van der Waals surface area (Å²) in [6.45, 7) is 3.09. The van der Waals surface area contributed by atoms with Gasteiger partial charge >= 0.3 is 0 Å². The van der Waals surface area contributed by atoms with Crippen molar-refractivity contribution in [3.05, 3.63) is 52.3 Å². The topological polar surface area (TPSA) is 34.9 Å². The predicted octanol–water partition coefficient (Wildman–Crippen LogP) is 2.55. The lowest BCUT2D eigenvalue weighted by Crippen LogP contribution is -2.07. The Labute approximate surface area is 103 Å². The summed E-state index contributed by atoms with van der Waals surface area (Å²) in [5.41, 5.74) is 0.670. The van der Waals surface area contributed by atoms with Gasteiger partial charge in [0.05, 0.1) is 16.8 Å². The molecule has 0 amide bonds. The number of hydrogen-bond acceptors (Lipinski definition) is 2. The summed E-state index contributed by atoms with van der Waals surface area (Å²) in [6, 6.07) is 2.68. The van der Waals surface area contributed by atoms with Gasteiger partial charge in [0.2, 0.25) is 0 Å². The first-order chi connectivity index (χ1) is 8.41. The monoisotopic (exact) mass is 250 g/mol. The molecule has 18 heavy (non-hydrogen) atoms. The fourth-order valence-corrected chi connectivity index (χ4v) is 1.79. The molecule has 0 spiro atoms.